The largest absolute Gasteiger partial charge is 0.382 e. The maximum atomic E-state index is 6.22. The van der Waals surface area contributed by atoms with E-state index in [1.807, 2.05) is 30.5 Å². The number of hydrogen-bond donors (Lipinski definition) is 2. The van der Waals surface area contributed by atoms with Gasteiger partial charge in [-0.2, -0.15) is 0 Å². The van der Waals surface area contributed by atoms with Crippen molar-refractivity contribution in [1.82, 2.24) is 9.97 Å². The maximum Gasteiger partial charge on any atom is 0.161 e. The quantitative estimate of drug-likeness (QED) is 0.799. The fourth-order valence-electron chi connectivity index (χ4n) is 2.07. The Bertz CT molecular complexity index is 599. The third kappa shape index (κ3) is 3.93. The molecule has 0 amide bonds. The lowest BCUT2D eigenvalue weighted by molar-refractivity contribution is 0.809. The molecule has 0 radical (unpaired) electrons. The third-order valence-corrected chi connectivity index (χ3v) is 3.51. The molecule has 0 aliphatic carbocycles. The highest BCUT2D eigenvalue weighted by atomic mass is 35.5. The Morgan fingerprint density at radius 2 is 2.05 bits per heavy atom. The van der Waals surface area contributed by atoms with Gasteiger partial charge in [0.25, 0.3) is 0 Å². The van der Waals surface area contributed by atoms with Crippen LogP contribution in [0, 0.1) is 0 Å². The Morgan fingerprint density at radius 1 is 1.29 bits per heavy atom. The van der Waals surface area contributed by atoms with Crippen LogP contribution >= 0.6 is 11.6 Å². The first kappa shape index (κ1) is 15.7. The van der Waals surface area contributed by atoms with E-state index in [9.17, 15) is 0 Å². The highest BCUT2D eigenvalue weighted by molar-refractivity contribution is 6.33. The second-order valence-electron chi connectivity index (χ2n) is 5.20. The van der Waals surface area contributed by atoms with E-state index >= 15 is 0 Å². The van der Waals surface area contributed by atoms with E-state index in [1.165, 1.54) is 0 Å². The van der Waals surface area contributed by atoms with E-state index in [1.54, 1.807) is 0 Å². The van der Waals surface area contributed by atoms with Crippen molar-refractivity contribution in [2.75, 3.05) is 18.4 Å². The molecule has 1 heterocycles. The van der Waals surface area contributed by atoms with Crippen LogP contribution in [0.5, 0.6) is 0 Å². The second-order valence-corrected chi connectivity index (χ2v) is 5.60. The van der Waals surface area contributed by atoms with Crippen molar-refractivity contribution in [3.63, 3.8) is 0 Å². The highest BCUT2D eigenvalue weighted by Gasteiger charge is 2.13. The predicted molar refractivity (Wildman–Crippen MR) is 88.7 cm³/mol. The zero-order valence-corrected chi connectivity index (χ0v) is 13.2. The van der Waals surface area contributed by atoms with Crippen molar-refractivity contribution in [2.45, 2.75) is 26.2 Å². The minimum Gasteiger partial charge on any atom is -0.382 e. The maximum absolute atomic E-state index is 6.22. The smallest absolute Gasteiger partial charge is 0.161 e. The molecule has 0 atom stereocenters. The van der Waals surface area contributed by atoms with Crippen molar-refractivity contribution in [2.24, 2.45) is 5.73 Å². The summed E-state index contributed by atoms with van der Waals surface area (Å²) >= 11 is 6.22. The molecule has 21 heavy (non-hydrogen) atoms. The number of rotatable bonds is 6. The van der Waals surface area contributed by atoms with Gasteiger partial charge in [0.1, 0.15) is 0 Å². The van der Waals surface area contributed by atoms with Gasteiger partial charge in [-0.15, -0.1) is 0 Å². The summed E-state index contributed by atoms with van der Waals surface area (Å²) in [7, 11) is 0. The summed E-state index contributed by atoms with van der Waals surface area (Å²) < 4.78 is 0. The van der Waals surface area contributed by atoms with Gasteiger partial charge in [-0.1, -0.05) is 37.6 Å². The average Bonchev–Trinajstić information content (AvgIpc) is 2.48. The molecule has 0 aliphatic heterocycles. The molecule has 2 aromatic rings. The number of nitrogens with two attached hydrogens (primary N) is 1. The second kappa shape index (κ2) is 7.38. The van der Waals surface area contributed by atoms with Crippen molar-refractivity contribution >= 4 is 17.3 Å². The Kier molecular flexibility index (Phi) is 5.53. The van der Waals surface area contributed by atoms with E-state index in [-0.39, 0.29) is 0 Å². The summed E-state index contributed by atoms with van der Waals surface area (Å²) in [6, 6.07) is 7.62. The summed E-state index contributed by atoms with van der Waals surface area (Å²) in [5.41, 5.74) is 8.34. The molecule has 1 aromatic carbocycles. The lowest BCUT2D eigenvalue weighted by Crippen LogP contribution is -2.11. The van der Waals surface area contributed by atoms with E-state index in [2.05, 4.69) is 24.1 Å². The number of nitrogens with one attached hydrogen (secondary N) is 1. The minimum absolute atomic E-state index is 0.301. The summed E-state index contributed by atoms with van der Waals surface area (Å²) in [5, 5.41) is 4.01. The van der Waals surface area contributed by atoms with Crippen LogP contribution in [0.4, 0.5) is 5.69 Å². The first-order valence-electron chi connectivity index (χ1n) is 7.19. The SMILES string of the molecule is CC(C)c1nc(-c2ccccc2Cl)ncc1NCCCN. The Labute approximate surface area is 130 Å². The van der Waals surface area contributed by atoms with E-state index < -0.39 is 0 Å². The molecule has 112 valence electrons. The molecule has 0 saturated carbocycles. The third-order valence-electron chi connectivity index (χ3n) is 3.18. The van der Waals surface area contributed by atoms with Crippen LogP contribution in [0.25, 0.3) is 11.4 Å². The lowest BCUT2D eigenvalue weighted by Gasteiger charge is -2.14. The fourth-order valence-corrected chi connectivity index (χ4v) is 2.29. The first-order valence-corrected chi connectivity index (χ1v) is 7.57. The molecule has 0 aliphatic rings. The lowest BCUT2D eigenvalue weighted by atomic mass is 10.1. The molecular weight excluding hydrogens is 284 g/mol. The average molecular weight is 305 g/mol. The number of aromatic nitrogens is 2. The monoisotopic (exact) mass is 304 g/mol. The molecule has 2 rings (SSSR count). The topological polar surface area (TPSA) is 63.8 Å². The van der Waals surface area contributed by atoms with Crippen molar-refractivity contribution in [3.8, 4) is 11.4 Å². The van der Waals surface area contributed by atoms with Crippen LogP contribution < -0.4 is 11.1 Å². The molecule has 0 saturated heterocycles. The zero-order chi connectivity index (χ0) is 15.2. The van der Waals surface area contributed by atoms with Crippen LogP contribution in [0.3, 0.4) is 0 Å². The molecule has 4 nitrogen and oxygen atoms in total. The van der Waals surface area contributed by atoms with Crippen molar-refractivity contribution < 1.29 is 0 Å². The van der Waals surface area contributed by atoms with E-state index in [0.717, 1.165) is 29.9 Å². The Morgan fingerprint density at radius 3 is 2.71 bits per heavy atom. The van der Waals surface area contributed by atoms with Gasteiger partial charge in [0, 0.05) is 12.1 Å². The van der Waals surface area contributed by atoms with Gasteiger partial charge in [0.05, 0.1) is 22.6 Å². The molecule has 3 N–H and O–H groups in total. The van der Waals surface area contributed by atoms with Crippen LogP contribution in [0.15, 0.2) is 30.5 Å². The van der Waals surface area contributed by atoms with E-state index in [4.69, 9.17) is 22.3 Å². The molecule has 0 bridgehead atoms. The number of nitrogens with zero attached hydrogens (tertiary/aromatic N) is 2. The summed E-state index contributed by atoms with van der Waals surface area (Å²) in [5.74, 6) is 0.961. The molecule has 1 aromatic heterocycles. The predicted octanol–water partition coefficient (Wildman–Crippen LogP) is 3.68. The minimum atomic E-state index is 0.301. The van der Waals surface area contributed by atoms with Crippen LogP contribution in [0.1, 0.15) is 31.9 Å². The van der Waals surface area contributed by atoms with Gasteiger partial charge in [-0.05, 0) is 31.0 Å². The fraction of sp³-hybridized carbons (Fsp3) is 0.375. The number of benzene rings is 1. The standard InChI is InChI=1S/C16H21ClN4/c1-11(2)15-14(19-9-5-8-18)10-20-16(21-15)12-6-3-4-7-13(12)17/h3-4,6-7,10-11,19H,5,8-9,18H2,1-2H3. The summed E-state index contributed by atoms with van der Waals surface area (Å²) in [4.78, 5) is 9.13. The zero-order valence-electron chi connectivity index (χ0n) is 12.4. The van der Waals surface area contributed by atoms with Gasteiger partial charge >= 0.3 is 0 Å². The van der Waals surface area contributed by atoms with Crippen LogP contribution in [0.2, 0.25) is 5.02 Å². The van der Waals surface area contributed by atoms with Crippen molar-refractivity contribution in [3.05, 3.63) is 41.2 Å². The first-order chi connectivity index (χ1) is 10.1. The number of hydrogen-bond acceptors (Lipinski definition) is 4. The van der Waals surface area contributed by atoms with Crippen LogP contribution in [-0.4, -0.2) is 23.1 Å². The Hall–Kier alpha value is -1.65. The van der Waals surface area contributed by atoms with Gasteiger partial charge in [-0.25, -0.2) is 9.97 Å². The van der Waals surface area contributed by atoms with Gasteiger partial charge in [-0.3, -0.25) is 0 Å². The van der Waals surface area contributed by atoms with Crippen molar-refractivity contribution in [1.29, 1.82) is 0 Å². The number of halogens is 1. The summed E-state index contributed by atoms with van der Waals surface area (Å²) in [6.45, 7) is 5.73. The van der Waals surface area contributed by atoms with Gasteiger partial charge < -0.3 is 11.1 Å². The molecule has 0 fully saturated rings. The summed E-state index contributed by atoms with van der Waals surface area (Å²) in [6.07, 6.45) is 2.75. The number of anilines is 1. The molecule has 0 unspecified atom stereocenters. The van der Waals surface area contributed by atoms with E-state index in [0.29, 0.717) is 23.3 Å². The molecular formula is C16H21ClN4. The highest BCUT2D eigenvalue weighted by Crippen LogP contribution is 2.28. The normalized spacial score (nSPS) is 10.9. The van der Waals surface area contributed by atoms with Gasteiger partial charge in [0.15, 0.2) is 5.82 Å². The van der Waals surface area contributed by atoms with Gasteiger partial charge in [0.2, 0.25) is 0 Å². The molecule has 0 spiro atoms. The Balaban J connectivity index is 2.34. The molecule has 5 heteroatoms. The van der Waals surface area contributed by atoms with Crippen LogP contribution in [-0.2, 0) is 0 Å².